The van der Waals surface area contributed by atoms with Gasteiger partial charge in [0, 0.05) is 19.2 Å². The van der Waals surface area contributed by atoms with E-state index in [9.17, 15) is 9.90 Å². The zero-order chi connectivity index (χ0) is 20.6. The number of ether oxygens (including phenoxy) is 1. The van der Waals surface area contributed by atoms with E-state index >= 15 is 0 Å². The van der Waals surface area contributed by atoms with Crippen molar-refractivity contribution in [2.75, 3.05) is 32.2 Å². The highest BCUT2D eigenvalue weighted by Crippen LogP contribution is 2.31. The van der Waals surface area contributed by atoms with Crippen molar-refractivity contribution in [2.24, 2.45) is 5.92 Å². The van der Waals surface area contributed by atoms with E-state index in [4.69, 9.17) is 9.84 Å². The first-order chi connectivity index (χ1) is 12.8. The zero-order valence-corrected chi connectivity index (χ0v) is 16.8. The Morgan fingerprint density at radius 3 is 2.59 bits per heavy atom. The van der Waals surface area contributed by atoms with E-state index in [-0.39, 0.29) is 18.1 Å². The molecule has 1 atom stereocenters. The Balaban J connectivity index is 3.36. The van der Waals surface area contributed by atoms with Gasteiger partial charge in [-0.1, -0.05) is 32.6 Å². The molecule has 1 heterocycles. The number of likely N-dealkylation sites (N-methyl/N-ethyl adjacent to an activating group) is 1. The van der Waals surface area contributed by atoms with Crippen molar-refractivity contribution >= 4 is 17.4 Å². The molecular formula is C21H30N2O4. The third-order valence-corrected chi connectivity index (χ3v) is 4.51. The Morgan fingerprint density at radius 1 is 1.44 bits per heavy atom. The highest BCUT2D eigenvalue weighted by Gasteiger charge is 2.19. The van der Waals surface area contributed by atoms with E-state index in [1.807, 2.05) is 37.9 Å². The summed E-state index contributed by atoms with van der Waals surface area (Å²) in [6.45, 7) is 10.3. The molecule has 0 radical (unpaired) electrons. The highest BCUT2D eigenvalue weighted by atomic mass is 16.5. The summed E-state index contributed by atoms with van der Waals surface area (Å²) >= 11 is 0. The summed E-state index contributed by atoms with van der Waals surface area (Å²) < 4.78 is 5.42. The number of methoxy groups -OCH3 is 1. The number of carboxylic acid groups (broad SMARTS) is 1. The lowest BCUT2D eigenvalue weighted by molar-refractivity contribution is -0.132. The summed E-state index contributed by atoms with van der Waals surface area (Å²) in [5, 5.41) is 18.6. The van der Waals surface area contributed by atoms with Crippen LogP contribution in [-0.2, 0) is 4.79 Å². The minimum Gasteiger partial charge on any atom is -0.480 e. The van der Waals surface area contributed by atoms with E-state index in [0.29, 0.717) is 29.4 Å². The molecule has 0 saturated heterocycles. The number of aliphatic carboxylic acids is 1. The van der Waals surface area contributed by atoms with Crippen molar-refractivity contribution in [3.8, 4) is 5.88 Å². The van der Waals surface area contributed by atoms with E-state index < -0.39 is 5.97 Å². The first-order valence-corrected chi connectivity index (χ1v) is 8.98. The number of hydrogen-bond acceptors (Lipinski definition) is 5. The van der Waals surface area contributed by atoms with Crippen LogP contribution in [0.15, 0.2) is 42.0 Å². The van der Waals surface area contributed by atoms with E-state index in [2.05, 4.69) is 11.6 Å². The quantitative estimate of drug-likeness (QED) is 0.481. The van der Waals surface area contributed by atoms with Crippen LogP contribution >= 0.6 is 0 Å². The first kappa shape index (κ1) is 22.4. The summed E-state index contributed by atoms with van der Waals surface area (Å²) in [7, 11) is 3.36. The molecule has 0 spiro atoms. The van der Waals surface area contributed by atoms with Crippen molar-refractivity contribution < 1.29 is 19.7 Å². The minimum atomic E-state index is -0.956. The number of nitrogens with zero attached hydrogens (tertiary/aromatic N) is 2. The molecule has 1 rings (SSSR count). The number of anilines is 1. The maximum atomic E-state index is 11.6. The van der Waals surface area contributed by atoms with E-state index in [1.54, 1.807) is 19.1 Å². The second-order valence-electron chi connectivity index (χ2n) is 6.31. The van der Waals surface area contributed by atoms with Crippen LogP contribution in [0, 0.1) is 5.92 Å². The molecule has 0 amide bonds. The number of carbonyl (C=O) groups is 1. The standard InChI is InChI=1S/C21H30N2O4/c1-7-14(3)18(16(8-2)21(25)26)13-15(4)17-9-10-19(22-20(17)27-6)23(5)11-12-24/h8-10,13-14,24H,4,7,11-12H2,1-3,5-6H3,(H,25,26). The summed E-state index contributed by atoms with van der Waals surface area (Å²) in [6, 6.07) is 3.67. The molecule has 0 aliphatic rings. The van der Waals surface area contributed by atoms with Crippen LogP contribution in [0.25, 0.3) is 5.57 Å². The minimum absolute atomic E-state index is 0.0251. The molecule has 0 aliphatic carbocycles. The number of aliphatic hydroxyl groups excluding tert-OH is 1. The monoisotopic (exact) mass is 374 g/mol. The molecule has 0 fully saturated rings. The molecule has 0 aromatic carbocycles. The average Bonchev–Trinajstić information content (AvgIpc) is 2.66. The van der Waals surface area contributed by atoms with Crippen molar-refractivity contribution in [1.29, 1.82) is 0 Å². The van der Waals surface area contributed by atoms with Crippen molar-refractivity contribution in [3.05, 3.63) is 47.6 Å². The molecule has 0 aliphatic heterocycles. The topological polar surface area (TPSA) is 82.9 Å². The maximum Gasteiger partial charge on any atom is 0.335 e. The summed E-state index contributed by atoms with van der Waals surface area (Å²) in [5.41, 5.74) is 2.32. The maximum absolute atomic E-state index is 11.6. The van der Waals surface area contributed by atoms with Gasteiger partial charge in [-0.2, -0.15) is 4.98 Å². The fourth-order valence-corrected chi connectivity index (χ4v) is 2.69. The van der Waals surface area contributed by atoms with Crippen LogP contribution in [0.1, 0.15) is 32.8 Å². The molecule has 1 aromatic rings. The fourth-order valence-electron chi connectivity index (χ4n) is 2.69. The van der Waals surface area contributed by atoms with Crippen LogP contribution in [-0.4, -0.2) is 48.5 Å². The number of allylic oxidation sites excluding steroid dienone is 3. The van der Waals surface area contributed by atoms with Gasteiger partial charge in [-0.25, -0.2) is 4.79 Å². The lowest BCUT2D eigenvalue weighted by Crippen LogP contribution is -2.22. The van der Waals surface area contributed by atoms with Gasteiger partial charge in [-0.05, 0) is 42.5 Å². The van der Waals surface area contributed by atoms with Gasteiger partial charge in [0.2, 0.25) is 5.88 Å². The van der Waals surface area contributed by atoms with Gasteiger partial charge >= 0.3 is 5.97 Å². The summed E-state index contributed by atoms with van der Waals surface area (Å²) in [6.07, 6.45) is 4.22. The lowest BCUT2D eigenvalue weighted by Gasteiger charge is -2.19. The Kier molecular flexibility index (Phi) is 8.75. The number of rotatable bonds is 10. The van der Waals surface area contributed by atoms with E-state index in [1.165, 1.54) is 7.11 Å². The molecule has 6 nitrogen and oxygen atoms in total. The molecule has 1 unspecified atom stereocenters. The number of hydrogen-bond donors (Lipinski definition) is 2. The molecule has 2 N–H and O–H groups in total. The van der Waals surface area contributed by atoms with Gasteiger partial charge in [0.25, 0.3) is 0 Å². The van der Waals surface area contributed by atoms with Crippen LogP contribution in [0.4, 0.5) is 5.82 Å². The zero-order valence-electron chi connectivity index (χ0n) is 16.8. The Morgan fingerprint density at radius 2 is 2.11 bits per heavy atom. The molecule has 27 heavy (non-hydrogen) atoms. The summed E-state index contributed by atoms with van der Waals surface area (Å²) in [4.78, 5) is 17.9. The average molecular weight is 374 g/mol. The largest absolute Gasteiger partial charge is 0.480 e. The summed E-state index contributed by atoms with van der Waals surface area (Å²) in [5.74, 6) is 0.184. The molecular weight excluding hydrogens is 344 g/mol. The number of aromatic nitrogens is 1. The Labute approximate surface area is 161 Å². The van der Waals surface area contributed by atoms with Crippen LogP contribution in [0.3, 0.4) is 0 Å². The van der Waals surface area contributed by atoms with Gasteiger partial charge in [0.05, 0.1) is 19.3 Å². The Bertz CT molecular complexity index is 738. The van der Waals surface area contributed by atoms with Crippen LogP contribution in [0.2, 0.25) is 0 Å². The van der Waals surface area contributed by atoms with E-state index in [0.717, 1.165) is 12.0 Å². The second kappa shape index (κ2) is 10.5. The predicted molar refractivity (Wildman–Crippen MR) is 109 cm³/mol. The van der Waals surface area contributed by atoms with Crippen molar-refractivity contribution in [2.45, 2.75) is 27.2 Å². The van der Waals surface area contributed by atoms with Gasteiger partial charge < -0.3 is 19.8 Å². The lowest BCUT2D eigenvalue weighted by atomic mass is 9.89. The van der Waals surface area contributed by atoms with Gasteiger partial charge in [0.15, 0.2) is 0 Å². The SMILES string of the molecule is C=C(C=C(C(=CC)C(=O)O)C(C)CC)c1ccc(N(C)CCO)nc1OC. The normalized spacial score (nSPS) is 13.3. The smallest absolute Gasteiger partial charge is 0.335 e. The highest BCUT2D eigenvalue weighted by molar-refractivity contribution is 5.93. The van der Waals surface area contributed by atoms with Crippen LogP contribution < -0.4 is 9.64 Å². The third-order valence-electron chi connectivity index (χ3n) is 4.51. The predicted octanol–water partition coefficient (Wildman–Crippen LogP) is 3.54. The molecule has 6 heteroatoms. The number of pyridine rings is 1. The molecule has 0 bridgehead atoms. The van der Waals surface area contributed by atoms with Gasteiger partial charge in [0.1, 0.15) is 5.82 Å². The van der Waals surface area contributed by atoms with Crippen molar-refractivity contribution in [3.63, 3.8) is 0 Å². The number of carboxylic acids is 1. The molecule has 1 aromatic heterocycles. The van der Waals surface area contributed by atoms with Crippen LogP contribution in [0.5, 0.6) is 5.88 Å². The second-order valence-corrected chi connectivity index (χ2v) is 6.31. The third kappa shape index (κ3) is 5.69. The fraction of sp³-hybridized carbons (Fsp3) is 0.429. The first-order valence-electron chi connectivity index (χ1n) is 8.98. The molecule has 148 valence electrons. The van der Waals surface area contributed by atoms with Gasteiger partial charge in [-0.3, -0.25) is 0 Å². The number of aliphatic hydroxyl groups is 1. The molecule has 0 saturated carbocycles. The Hall–Kier alpha value is -2.60. The van der Waals surface area contributed by atoms with Gasteiger partial charge in [-0.15, -0.1) is 0 Å². The van der Waals surface area contributed by atoms with Crippen molar-refractivity contribution in [1.82, 2.24) is 4.98 Å².